The van der Waals surface area contributed by atoms with E-state index in [4.69, 9.17) is 0 Å². The maximum atomic E-state index is 3.76. The van der Waals surface area contributed by atoms with Gasteiger partial charge in [-0.3, -0.25) is 0 Å². The van der Waals surface area contributed by atoms with Crippen LogP contribution in [0.3, 0.4) is 0 Å². The van der Waals surface area contributed by atoms with Crippen LogP contribution < -0.4 is 5.32 Å². The number of hydrogen-bond donors (Lipinski definition) is 1. The minimum Gasteiger partial charge on any atom is -0.307 e. The first-order chi connectivity index (χ1) is 7.25. The smallest absolute Gasteiger partial charge is 0.0388 e. The zero-order valence-corrected chi connectivity index (χ0v) is 10.6. The third kappa shape index (κ3) is 3.05. The number of thiophene rings is 1. The van der Waals surface area contributed by atoms with Gasteiger partial charge in [0.05, 0.1) is 0 Å². The third-order valence-corrected chi connectivity index (χ3v) is 4.46. The first kappa shape index (κ1) is 11.2. The summed E-state index contributed by atoms with van der Waals surface area (Å²) in [6, 6.07) is 5.78. The summed E-state index contributed by atoms with van der Waals surface area (Å²) in [5.74, 6) is 0. The average molecular weight is 223 g/mol. The minimum atomic E-state index is 0.534. The van der Waals surface area contributed by atoms with Gasteiger partial charge in [0.25, 0.3) is 0 Å². The molecule has 1 fully saturated rings. The Morgan fingerprint density at radius 3 is 2.60 bits per heavy atom. The van der Waals surface area contributed by atoms with E-state index >= 15 is 0 Å². The molecule has 1 nitrogen and oxygen atoms in total. The molecule has 84 valence electrons. The Morgan fingerprint density at radius 1 is 1.27 bits per heavy atom. The molecular weight excluding hydrogens is 202 g/mol. The van der Waals surface area contributed by atoms with E-state index in [1.165, 1.54) is 41.9 Å². The molecule has 0 saturated heterocycles. The summed E-state index contributed by atoms with van der Waals surface area (Å²) in [6.07, 6.45) is 7.00. The number of aryl methyl sites for hydroxylation is 1. The van der Waals surface area contributed by atoms with Crippen LogP contribution in [0.4, 0.5) is 0 Å². The van der Waals surface area contributed by atoms with Gasteiger partial charge in [0, 0.05) is 21.8 Å². The molecular formula is C13H21NS. The molecule has 0 radical (unpaired) electrons. The van der Waals surface area contributed by atoms with Gasteiger partial charge in [-0.2, -0.15) is 0 Å². The van der Waals surface area contributed by atoms with E-state index in [1.807, 2.05) is 11.3 Å². The van der Waals surface area contributed by atoms with Gasteiger partial charge in [-0.05, 0) is 38.8 Å². The topological polar surface area (TPSA) is 12.0 Å². The van der Waals surface area contributed by atoms with Crippen LogP contribution in [-0.2, 0) is 0 Å². The van der Waals surface area contributed by atoms with E-state index in [-0.39, 0.29) is 0 Å². The molecule has 1 aromatic rings. The minimum absolute atomic E-state index is 0.534. The number of nitrogens with one attached hydrogen (secondary N) is 1. The van der Waals surface area contributed by atoms with E-state index in [0.717, 1.165) is 6.04 Å². The average Bonchev–Trinajstić information content (AvgIpc) is 2.66. The van der Waals surface area contributed by atoms with Gasteiger partial charge < -0.3 is 5.32 Å². The van der Waals surface area contributed by atoms with Crippen molar-refractivity contribution in [2.24, 2.45) is 0 Å². The second kappa shape index (κ2) is 5.13. The van der Waals surface area contributed by atoms with Gasteiger partial charge >= 0.3 is 0 Å². The molecule has 1 aromatic heterocycles. The van der Waals surface area contributed by atoms with Crippen molar-refractivity contribution in [3.63, 3.8) is 0 Å². The van der Waals surface area contributed by atoms with E-state index in [0.29, 0.717) is 6.04 Å². The van der Waals surface area contributed by atoms with Crippen LogP contribution in [-0.4, -0.2) is 6.04 Å². The molecule has 1 aliphatic rings. The van der Waals surface area contributed by atoms with E-state index in [2.05, 4.69) is 31.3 Å². The van der Waals surface area contributed by atoms with Crippen molar-refractivity contribution in [1.29, 1.82) is 0 Å². The predicted molar refractivity (Wildman–Crippen MR) is 67.5 cm³/mol. The zero-order chi connectivity index (χ0) is 10.7. The van der Waals surface area contributed by atoms with Crippen LogP contribution in [0.2, 0.25) is 0 Å². The summed E-state index contributed by atoms with van der Waals surface area (Å²) in [7, 11) is 0. The summed E-state index contributed by atoms with van der Waals surface area (Å²) < 4.78 is 0. The van der Waals surface area contributed by atoms with Gasteiger partial charge in [0.15, 0.2) is 0 Å². The van der Waals surface area contributed by atoms with E-state index < -0.39 is 0 Å². The van der Waals surface area contributed by atoms with Gasteiger partial charge in [-0.1, -0.05) is 19.3 Å². The van der Waals surface area contributed by atoms with Crippen molar-refractivity contribution < 1.29 is 0 Å². The molecule has 1 N–H and O–H groups in total. The highest BCUT2D eigenvalue weighted by Crippen LogP contribution is 2.25. The molecule has 0 bridgehead atoms. The van der Waals surface area contributed by atoms with Crippen LogP contribution in [0.15, 0.2) is 12.1 Å². The normalized spacial score (nSPS) is 20.4. The van der Waals surface area contributed by atoms with E-state index in [1.54, 1.807) is 0 Å². The highest BCUT2D eigenvalue weighted by atomic mass is 32.1. The Balaban J connectivity index is 1.88. The van der Waals surface area contributed by atoms with Crippen molar-refractivity contribution in [3.05, 3.63) is 21.9 Å². The molecule has 2 heteroatoms. The van der Waals surface area contributed by atoms with Gasteiger partial charge in [0.2, 0.25) is 0 Å². The van der Waals surface area contributed by atoms with Crippen molar-refractivity contribution in [3.8, 4) is 0 Å². The molecule has 0 unspecified atom stereocenters. The Hall–Kier alpha value is -0.340. The van der Waals surface area contributed by atoms with Crippen molar-refractivity contribution in [2.45, 2.75) is 58.0 Å². The van der Waals surface area contributed by atoms with Crippen LogP contribution in [0, 0.1) is 6.92 Å². The highest BCUT2D eigenvalue weighted by molar-refractivity contribution is 7.12. The Bertz CT molecular complexity index is 299. The number of hydrogen-bond acceptors (Lipinski definition) is 2. The zero-order valence-electron chi connectivity index (χ0n) is 9.75. The lowest BCUT2D eigenvalue weighted by Gasteiger charge is -2.26. The standard InChI is InChI=1S/C13H21NS/c1-10-8-9-13(15-10)11(2)14-12-6-4-3-5-7-12/h8-9,11-12,14H,3-7H2,1-2H3/t11-/m0/s1. The second-order valence-corrected chi connectivity index (χ2v) is 5.99. The molecule has 0 aromatic carbocycles. The predicted octanol–water partition coefficient (Wildman–Crippen LogP) is 4.04. The van der Waals surface area contributed by atoms with Crippen molar-refractivity contribution >= 4 is 11.3 Å². The fourth-order valence-electron chi connectivity index (χ4n) is 2.39. The molecule has 0 aliphatic heterocycles. The van der Waals surface area contributed by atoms with Crippen molar-refractivity contribution in [1.82, 2.24) is 5.32 Å². The Kier molecular flexibility index (Phi) is 3.81. The first-order valence-corrected chi connectivity index (χ1v) is 6.90. The Labute approximate surface area is 96.9 Å². The second-order valence-electron chi connectivity index (χ2n) is 4.67. The monoisotopic (exact) mass is 223 g/mol. The molecule has 1 heterocycles. The maximum absolute atomic E-state index is 3.76. The summed E-state index contributed by atoms with van der Waals surface area (Å²) in [4.78, 5) is 2.90. The third-order valence-electron chi connectivity index (χ3n) is 3.28. The molecule has 0 spiro atoms. The lowest BCUT2D eigenvalue weighted by molar-refractivity contribution is 0.348. The van der Waals surface area contributed by atoms with Crippen LogP contribution in [0.1, 0.15) is 54.8 Å². The summed E-state index contributed by atoms with van der Waals surface area (Å²) in [5, 5.41) is 3.76. The van der Waals surface area contributed by atoms with Gasteiger partial charge in [-0.15, -0.1) is 11.3 Å². The maximum Gasteiger partial charge on any atom is 0.0388 e. The van der Waals surface area contributed by atoms with Crippen LogP contribution in [0.5, 0.6) is 0 Å². The quantitative estimate of drug-likeness (QED) is 0.815. The first-order valence-electron chi connectivity index (χ1n) is 6.08. The van der Waals surface area contributed by atoms with Crippen molar-refractivity contribution in [2.75, 3.05) is 0 Å². The molecule has 0 amide bonds. The molecule has 2 rings (SSSR count). The number of rotatable bonds is 3. The lowest BCUT2D eigenvalue weighted by atomic mass is 9.95. The lowest BCUT2D eigenvalue weighted by Crippen LogP contribution is -2.32. The Morgan fingerprint density at radius 2 is 2.00 bits per heavy atom. The molecule has 1 aliphatic carbocycles. The van der Waals surface area contributed by atoms with Gasteiger partial charge in [-0.25, -0.2) is 0 Å². The largest absolute Gasteiger partial charge is 0.307 e. The fourth-order valence-corrected chi connectivity index (χ4v) is 3.28. The molecule has 1 saturated carbocycles. The van der Waals surface area contributed by atoms with E-state index in [9.17, 15) is 0 Å². The van der Waals surface area contributed by atoms with Crippen LogP contribution >= 0.6 is 11.3 Å². The molecule has 1 atom stereocenters. The highest BCUT2D eigenvalue weighted by Gasteiger charge is 2.16. The fraction of sp³-hybridized carbons (Fsp3) is 0.692. The van der Waals surface area contributed by atoms with Crippen LogP contribution in [0.25, 0.3) is 0 Å². The SMILES string of the molecule is Cc1ccc([C@H](C)NC2CCCCC2)s1. The summed E-state index contributed by atoms with van der Waals surface area (Å²) in [6.45, 7) is 4.47. The summed E-state index contributed by atoms with van der Waals surface area (Å²) in [5.41, 5.74) is 0. The molecule has 15 heavy (non-hydrogen) atoms. The van der Waals surface area contributed by atoms with Gasteiger partial charge in [0.1, 0.15) is 0 Å². The summed E-state index contributed by atoms with van der Waals surface area (Å²) >= 11 is 1.92.